The van der Waals surface area contributed by atoms with Crippen molar-refractivity contribution in [3.63, 3.8) is 0 Å². The van der Waals surface area contributed by atoms with Crippen molar-refractivity contribution in [1.82, 2.24) is 98.0 Å². The molecule has 4 aliphatic heterocycles. The molecule has 740 valence electrons. The summed E-state index contributed by atoms with van der Waals surface area (Å²) in [5, 5.41) is 6.91. The maximum Gasteiger partial charge on any atom is 0.355 e. The van der Waals surface area contributed by atoms with Crippen LogP contribution in [0.15, 0.2) is 143 Å². The van der Waals surface area contributed by atoms with Crippen molar-refractivity contribution >= 4 is 92.0 Å². The number of halogens is 6. The van der Waals surface area contributed by atoms with Crippen LogP contribution in [0.3, 0.4) is 0 Å². The zero-order valence-corrected chi connectivity index (χ0v) is 80.8. The monoisotopic (exact) mass is 1950 g/mol. The first kappa shape index (κ1) is 95.9. The van der Waals surface area contributed by atoms with Gasteiger partial charge in [0.25, 0.3) is 0 Å². The number of carbonyl (C=O) groups excluding carboxylic acids is 4. The third-order valence-electron chi connectivity index (χ3n) is 28.2. The Kier molecular flexibility index (Phi) is 26.2. The first-order chi connectivity index (χ1) is 68.9. The quantitative estimate of drug-likeness (QED) is 0.0396. The molecule has 22 rings (SSSR count). The summed E-state index contributed by atoms with van der Waals surface area (Å²) in [5.74, 6) is -2.38. The number of piperazine rings is 3. The fraction of sp³-hybridized carbons (Fsp3) is 0.413. The maximum atomic E-state index is 16.1. The summed E-state index contributed by atoms with van der Waals surface area (Å²) in [6.45, 7) is 24.2. The van der Waals surface area contributed by atoms with Gasteiger partial charge in [-0.15, -0.1) is 0 Å². The number of carbonyl (C=O) groups is 4. The Bertz CT molecular complexity index is 7270. The zero-order chi connectivity index (χ0) is 100. The Hall–Kier alpha value is -14.6. The summed E-state index contributed by atoms with van der Waals surface area (Å²) < 4.78 is 97.7. The van der Waals surface area contributed by atoms with E-state index in [1.54, 1.807) is 32.9 Å². The Morgan fingerprint density at radius 1 is 0.392 bits per heavy atom. The summed E-state index contributed by atoms with van der Waals surface area (Å²) in [4.78, 5) is 167. The van der Waals surface area contributed by atoms with Gasteiger partial charge in [-0.3, -0.25) is 24.5 Å². The molecule has 2 N–H and O–H groups in total. The molecule has 143 heavy (non-hydrogen) atoms. The van der Waals surface area contributed by atoms with Gasteiger partial charge in [0.2, 0.25) is 41.5 Å². The third kappa shape index (κ3) is 19.1. The van der Waals surface area contributed by atoms with Crippen molar-refractivity contribution in [3.05, 3.63) is 229 Å². The zero-order valence-electron chi connectivity index (χ0n) is 80.8. The summed E-state index contributed by atoms with van der Waals surface area (Å²) in [5.41, 5.74) is 3.58. The van der Waals surface area contributed by atoms with Crippen LogP contribution < -0.4 is 47.3 Å². The lowest BCUT2D eigenvalue weighted by Gasteiger charge is -2.43. The van der Waals surface area contributed by atoms with Gasteiger partial charge in [-0.05, 0) is 199 Å². The molecule has 3 aromatic carbocycles. The maximum absolute atomic E-state index is 16.1. The minimum atomic E-state index is -0.777. The van der Waals surface area contributed by atoms with E-state index in [1.807, 2.05) is 49.6 Å². The number of hydrogen-bond donors (Lipinski definition) is 2. The lowest BCUT2D eigenvalue weighted by atomic mass is 10.1. The largest absolute Gasteiger partial charge is 0.355 e. The van der Waals surface area contributed by atoms with Crippen LogP contribution in [0.25, 0.3) is 83.9 Å². The Morgan fingerprint density at radius 3 is 0.951 bits per heavy atom. The number of benzene rings is 3. The number of pyridine rings is 3. The molecule has 6 saturated carbocycles. The van der Waals surface area contributed by atoms with Crippen molar-refractivity contribution in [2.45, 2.75) is 164 Å². The topological polar surface area (TPSA) is 342 Å². The molecule has 12 aromatic rings. The number of nitrogens with one attached hydrogen (secondary N) is 2. The smallest absolute Gasteiger partial charge is 0.353 e. The normalized spacial score (nSPS) is 18.7. The van der Waals surface area contributed by atoms with E-state index < -0.39 is 52.0 Å². The molecule has 4 amide bonds. The molecule has 6 aliphatic carbocycles. The molecule has 9 aromatic heterocycles. The van der Waals surface area contributed by atoms with E-state index in [-0.39, 0.29) is 157 Å². The van der Waals surface area contributed by atoms with Gasteiger partial charge in [-0.25, -0.2) is 99.3 Å². The van der Waals surface area contributed by atoms with Crippen LogP contribution in [0.5, 0.6) is 0 Å². The van der Waals surface area contributed by atoms with Crippen molar-refractivity contribution in [2.75, 3.05) is 144 Å². The molecule has 33 nitrogen and oxygen atoms in total. The Balaban J connectivity index is 0.000000131. The molecule has 10 aliphatic rings. The SMILES string of the molecule is C=CC(=O)N1CCN(c2nc(=O)n(-c3c(C4CC4)nc(N4CC(N(C)C)C4)nc3C3CC3)c3nc(-c4ccccc4F)c(F)cc23)[C@@H](C)C1.C=CC(=O)N1CCN(c2nc(=O)n(-c3c(C4CC4)nc(NC(C)=O)nc3C3CC3)c3nc(-c4ccccc4F)c(F)cc23)[C@@H](C)C1.C=CC(=O)N1CCN(c2nc(=O)n(-c3c(C4CC4)nc(NCCN(C)C)nc3C3CC3)c3nc(-c4ccccc4F)c(F)cc23)[C@@H](C)C1. The molecular weight excluding hydrogens is 1840 g/mol. The third-order valence-corrected chi connectivity index (χ3v) is 28.2. The van der Waals surface area contributed by atoms with Gasteiger partial charge in [-0.2, -0.15) is 15.0 Å². The number of amides is 4. The summed E-state index contributed by atoms with van der Waals surface area (Å²) >= 11 is 0. The van der Waals surface area contributed by atoms with Gasteiger partial charge in [0, 0.05) is 168 Å². The molecule has 39 heteroatoms. The molecule has 0 radical (unpaired) electrons. The van der Waals surface area contributed by atoms with Gasteiger partial charge in [-0.1, -0.05) is 56.1 Å². The van der Waals surface area contributed by atoms with Crippen molar-refractivity contribution in [3.8, 4) is 50.8 Å². The second-order valence-corrected chi connectivity index (χ2v) is 39.3. The predicted octanol–water partition coefficient (Wildman–Crippen LogP) is 13.2. The number of hydrogen-bond acceptors (Lipinski definition) is 26. The van der Waals surface area contributed by atoms with Gasteiger partial charge in [0.1, 0.15) is 69.4 Å². The van der Waals surface area contributed by atoms with Crippen LogP contribution in [-0.4, -0.2) is 259 Å². The minimum absolute atomic E-state index is 0.00570. The Labute approximate surface area is 819 Å². The first-order valence-electron chi connectivity index (χ1n) is 48.9. The van der Waals surface area contributed by atoms with Crippen LogP contribution in [0, 0.1) is 34.9 Å². The Morgan fingerprint density at radius 2 is 0.685 bits per heavy atom. The fourth-order valence-electron chi connectivity index (χ4n) is 19.7. The highest BCUT2D eigenvalue weighted by atomic mass is 19.1. The molecule has 3 atom stereocenters. The molecular formula is C104H110F6N26O7. The van der Waals surface area contributed by atoms with Gasteiger partial charge < -0.3 is 49.4 Å². The van der Waals surface area contributed by atoms with Crippen molar-refractivity contribution in [2.24, 2.45) is 0 Å². The van der Waals surface area contributed by atoms with Crippen molar-refractivity contribution in [1.29, 1.82) is 0 Å². The number of fused-ring (bicyclic) bond motifs is 3. The first-order valence-corrected chi connectivity index (χ1v) is 48.9. The number of rotatable bonds is 25. The highest BCUT2D eigenvalue weighted by molar-refractivity contribution is 5.95. The highest BCUT2D eigenvalue weighted by Crippen LogP contribution is 2.53. The van der Waals surface area contributed by atoms with E-state index in [0.29, 0.717) is 123 Å². The van der Waals surface area contributed by atoms with E-state index in [9.17, 15) is 33.6 Å². The van der Waals surface area contributed by atoms with Gasteiger partial charge in [0.05, 0.1) is 67.4 Å². The summed E-state index contributed by atoms with van der Waals surface area (Å²) in [7, 11) is 8.13. The van der Waals surface area contributed by atoms with Crippen LogP contribution in [0.2, 0.25) is 0 Å². The lowest BCUT2D eigenvalue weighted by Crippen LogP contribution is -2.58. The minimum Gasteiger partial charge on any atom is -0.353 e. The summed E-state index contributed by atoms with van der Waals surface area (Å²) in [6.07, 6.45) is 14.5. The average molecular weight is 1950 g/mol. The van der Waals surface area contributed by atoms with Gasteiger partial charge >= 0.3 is 17.1 Å². The van der Waals surface area contributed by atoms with Crippen LogP contribution in [0.4, 0.5) is 61.6 Å². The van der Waals surface area contributed by atoms with Crippen LogP contribution >= 0.6 is 0 Å². The fourth-order valence-corrected chi connectivity index (χ4v) is 19.7. The molecule has 0 spiro atoms. The van der Waals surface area contributed by atoms with Gasteiger partial charge in [0.15, 0.2) is 16.9 Å². The number of anilines is 6. The second kappa shape index (κ2) is 39.0. The number of likely N-dealkylation sites (N-methyl/N-ethyl adjacent to an activating group) is 2. The van der Waals surface area contributed by atoms with Crippen LogP contribution in [-0.2, 0) is 19.2 Å². The van der Waals surface area contributed by atoms with E-state index in [2.05, 4.69) is 79.1 Å². The second-order valence-electron chi connectivity index (χ2n) is 39.3. The predicted molar refractivity (Wildman–Crippen MR) is 532 cm³/mol. The highest BCUT2D eigenvalue weighted by Gasteiger charge is 2.45. The number of nitrogens with zero attached hydrogens (tertiary/aromatic N) is 24. The van der Waals surface area contributed by atoms with E-state index in [1.165, 1.54) is 112 Å². The standard InChI is InChI=1S/C36H39F2N9O2.C35H39F2N9O2.C33H32F2N8O3/c1-5-28(48)44-14-15-46(20(2)17-44)33-25-16-27(38)31(24-8-6-7-9-26(24)37)39-34(25)47(36(49)42-33)32-29(21-10-11-21)40-35(41-30(32)22-12-13-22)45-18-23(19-45)43(3)4;1-5-27(47)44-16-17-45(20(2)19-44)32-24-18-26(37)30(23-8-6-7-9-25(23)36)39-33(24)46(35(48)42-32)31-28(21-10-11-21)40-34(38-14-15-43(3)4)41-29(31)22-12-13-22;1-4-25(45)41-13-14-42(17(2)16-41)30-22-15-24(35)28(21-7-5-6-8-23(21)34)37-31(22)43(33(46)40-30)29-26(19-9-10-19)38-32(36-18(3)44)39-27(29)20-11-12-20/h5-9,16,20-23H,1,10-15,17-19H2,2-4H3;5-9,18,20-22H,1,10-17,19H2,2-4H3,(H,38,40,41);4-8,15,17,19-20H,1,9-14,16H2,2-3H3,(H,36,38,39,44)/t2*20-;17-/m000/s1. The summed E-state index contributed by atoms with van der Waals surface area (Å²) in [6, 6.07) is 21.0. The van der Waals surface area contributed by atoms with Crippen LogP contribution in [0.1, 0.15) is 174 Å². The molecule has 4 saturated heterocycles. The number of aromatic nitrogens is 15. The molecule has 0 unspecified atom stereocenters. The molecule has 13 heterocycles. The molecule has 10 fully saturated rings. The van der Waals surface area contributed by atoms with E-state index in [0.717, 1.165) is 119 Å². The molecule has 0 bridgehead atoms. The average Bonchev–Trinajstić information content (AvgIpc) is 1.26. The van der Waals surface area contributed by atoms with E-state index >= 15 is 26.3 Å². The van der Waals surface area contributed by atoms with Crippen molar-refractivity contribution < 1.29 is 45.5 Å². The lowest BCUT2D eigenvalue weighted by molar-refractivity contribution is -0.127. The van der Waals surface area contributed by atoms with E-state index in [4.69, 9.17) is 39.9 Å².